The number of ether oxygens (including phenoxy) is 2. The molecule has 3 fully saturated rings. The molecule has 3 aliphatic rings. The molecule has 8 N–H and O–H groups in total. The predicted molar refractivity (Wildman–Crippen MR) is 159 cm³/mol. The number of nitrogens with zero attached hydrogens (tertiary/aromatic N) is 8. The number of aliphatic hydroxyl groups is 2. The van der Waals surface area contributed by atoms with Gasteiger partial charge in [-0.25, -0.2) is 19.9 Å². The van der Waals surface area contributed by atoms with Gasteiger partial charge in [-0.2, -0.15) is 9.97 Å². The summed E-state index contributed by atoms with van der Waals surface area (Å²) >= 11 is 10.5. The number of nitrogens with two attached hydrogens (primary N) is 2. The van der Waals surface area contributed by atoms with Crippen molar-refractivity contribution >= 4 is 71.1 Å². The standard InChI is InChI=1S/C21H26N10O10P2S2/c1-7-10-17(25-4-24-7)30(5-26-10)20-15-12(32)8(38-20)2-36-42(34,44)40-14-9(3-37-43(35,45)41-15)39-19(13(14)33)31-6-27-11-16(22)28-21(23)29-18(11)31/h4-6,8-9,12-15,19-20,32-33H,2-3H2,1H3,(H,34,44)(H,35,45)(H4,22,23,28,29)/t8-,9-,12-,13-,14-,15-,19-,20-,42?,43?/m1/s1. The highest BCUT2D eigenvalue weighted by atomic mass is 32.5. The van der Waals surface area contributed by atoms with Gasteiger partial charge >= 0.3 is 13.4 Å². The molecule has 0 radical (unpaired) electrons. The van der Waals surface area contributed by atoms with Crippen LogP contribution in [0, 0.1) is 6.92 Å². The molecule has 2 unspecified atom stereocenters. The molecule has 24 heteroatoms. The molecule has 2 bridgehead atoms. The molecule has 20 nitrogen and oxygen atoms in total. The van der Waals surface area contributed by atoms with Gasteiger partial charge in [0, 0.05) is 0 Å². The van der Waals surface area contributed by atoms with Crippen LogP contribution < -0.4 is 11.5 Å². The molecule has 0 amide bonds. The monoisotopic (exact) mass is 704 g/mol. The maximum atomic E-state index is 11.3. The van der Waals surface area contributed by atoms with E-state index in [-0.39, 0.29) is 22.9 Å². The fourth-order valence-corrected chi connectivity index (χ4v) is 8.27. The van der Waals surface area contributed by atoms with Gasteiger partial charge in [-0.05, 0) is 30.5 Å². The van der Waals surface area contributed by atoms with Gasteiger partial charge in [0.25, 0.3) is 0 Å². The molecule has 0 saturated carbocycles. The maximum Gasteiger partial charge on any atom is 0.325 e. The fraction of sp³-hybridized carbons (Fsp3) is 0.524. The topological polar surface area (TPSA) is 276 Å². The van der Waals surface area contributed by atoms with Crippen LogP contribution >= 0.6 is 13.4 Å². The van der Waals surface area contributed by atoms with Gasteiger partial charge in [-0.1, -0.05) is 0 Å². The first kappa shape index (κ1) is 31.2. The Morgan fingerprint density at radius 1 is 0.800 bits per heavy atom. The van der Waals surface area contributed by atoms with E-state index in [9.17, 15) is 20.0 Å². The Kier molecular flexibility index (Phi) is 7.90. The van der Waals surface area contributed by atoms with Crippen LogP contribution in [-0.4, -0.2) is 109 Å². The van der Waals surface area contributed by atoms with Crippen LogP contribution in [0.2, 0.25) is 0 Å². The van der Waals surface area contributed by atoms with Crippen molar-refractivity contribution in [1.29, 1.82) is 0 Å². The predicted octanol–water partition coefficient (Wildman–Crippen LogP) is -1.09. The van der Waals surface area contributed by atoms with E-state index >= 15 is 0 Å². The molecule has 4 aromatic heterocycles. The number of nitrogen functional groups attached to an aromatic ring is 2. The Bertz CT molecular complexity index is 1880. The van der Waals surface area contributed by atoms with Crippen molar-refractivity contribution in [3.05, 3.63) is 24.7 Å². The minimum atomic E-state index is -4.16. The lowest BCUT2D eigenvalue weighted by molar-refractivity contribution is -0.0606. The van der Waals surface area contributed by atoms with Gasteiger partial charge in [0.2, 0.25) is 5.95 Å². The Morgan fingerprint density at radius 3 is 2.16 bits per heavy atom. The smallest absolute Gasteiger partial charge is 0.325 e. The van der Waals surface area contributed by atoms with E-state index < -0.39 is 75.7 Å². The fourth-order valence-electron chi connectivity index (χ4n) is 5.41. The van der Waals surface area contributed by atoms with Crippen LogP contribution in [0.15, 0.2) is 19.0 Å². The Balaban J connectivity index is 1.20. The van der Waals surface area contributed by atoms with Crippen molar-refractivity contribution in [1.82, 2.24) is 39.0 Å². The van der Waals surface area contributed by atoms with E-state index in [1.165, 1.54) is 28.1 Å². The van der Waals surface area contributed by atoms with E-state index in [1.807, 2.05) is 0 Å². The summed E-state index contributed by atoms with van der Waals surface area (Å²) in [4.78, 5) is 47.1. The lowest BCUT2D eigenvalue weighted by atomic mass is 10.1. The molecule has 45 heavy (non-hydrogen) atoms. The van der Waals surface area contributed by atoms with E-state index in [1.54, 1.807) is 6.92 Å². The second-order valence-corrected chi connectivity index (χ2v) is 15.9. The SMILES string of the molecule is Cc1ncnc2c1ncn2[C@@H]1O[C@@H]2COP(O)(=S)O[C@H]3[C@@H](O)[C@H](n4cnc5c(N)nc(N)nc54)O[C@@H]3COP(O)(=S)O[C@@H]1[C@@H]2O. The Morgan fingerprint density at radius 2 is 1.42 bits per heavy atom. The third kappa shape index (κ3) is 5.63. The van der Waals surface area contributed by atoms with E-state index in [0.29, 0.717) is 16.9 Å². The van der Waals surface area contributed by atoms with Crippen molar-refractivity contribution in [3.8, 4) is 0 Å². The van der Waals surface area contributed by atoms with Crippen molar-refractivity contribution in [3.63, 3.8) is 0 Å². The molecular weight excluding hydrogens is 678 g/mol. The molecular formula is C21H26N10O10P2S2. The summed E-state index contributed by atoms with van der Waals surface area (Å²) in [5.41, 5.74) is 13.5. The van der Waals surface area contributed by atoms with Crippen LogP contribution in [-0.2, 0) is 51.2 Å². The second kappa shape index (κ2) is 11.4. The maximum absolute atomic E-state index is 11.3. The van der Waals surface area contributed by atoms with Gasteiger partial charge in [0.15, 0.2) is 29.6 Å². The average molecular weight is 705 g/mol. The van der Waals surface area contributed by atoms with E-state index in [2.05, 4.69) is 29.9 Å². The Hall–Kier alpha value is -2.40. The molecule has 0 aromatic carbocycles. The normalized spacial score (nSPS) is 37.7. The first-order valence-electron chi connectivity index (χ1n) is 13.2. The van der Waals surface area contributed by atoms with Crippen LogP contribution in [0.5, 0.6) is 0 Å². The molecule has 3 saturated heterocycles. The van der Waals surface area contributed by atoms with Gasteiger partial charge in [0.05, 0.1) is 31.6 Å². The highest BCUT2D eigenvalue weighted by Gasteiger charge is 2.52. The number of aliphatic hydroxyl groups excluding tert-OH is 2. The van der Waals surface area contributed by atoms with Crippen LogP contribution in [0.1, 0.15) is 18.1 Å². The minimum Gasteiger partial charge on any atom is -0.387 e. The van der Waals surface area contributed by atoms with Crippen molar-refractivity contribution < 1.29 is 47.6 Å². The molecule has 4 aromatic rings. The van der Waals surface area contributed by atoms with E-state index in [0.717, 1.165) is 0 Å². The van der Waals surface area contributed by atoms with Crippen molar-refractivity contribution in [2.75, 3.05) is 24.7 Å². The number of aromatic nitrogens is 8. The third-order valence-corrected chi connectivity index (χ3v) is 10.6. The van der Waals surface area contributed by atoms with E-state index in [4.69, 9.17) is 62.6 Å². The van der Waals surface area contributed by atoms with Crippen molar-refractivity contribution in [2.24, 2.45) is 0 Å². The summed E-state index contributed by atoms with van der Waals surface area (Å²) in [6.07, 6.45) is -6.30. The number of rotatable bonds is 2. The highest BCUT2D eigenvalue weighted by Crippen LogP contribution is 2.54. The molecule has 3 aliphatic heterocycles. The molecule has 10 atom stereocenters. The summed E-state index contributed by atoms with van der Waals surface area (Å²) in [6.45, 7) is -7.54. The van der Waals surface area contributed by atoms with Gasteiger partial charge < -0.3 is 50.0 Å². The molecule has 242 valence electrons. The van der Waals surface area contributed by atoms with Crippen LogP contribution in [0.25, 0.3) is 22.3 Å². The summed E-state index contributed by atoms with van der Waals surface area (Å²) in [5, 5.41) is 22.5. The molecule has 0 aliphatic carbocycles. The zero-order chi connectivity index (χ0) is 31.8. The summed E-state index contributed by atoms with van der Waals surface area (Å²) in [7, 11) is 0. The first-order valence-corrected chi connectivity index (χ1v) is 18.4. The highest BCUT2D eigenvalue weighted by molar-refractivity contribution is 8.07. The third-order valence-electron chi connectivity index (χ3n) is 7.49. The summed E-state index contributed by atoms with van der Waals surface area (Å²) in [5.74, 6) is -0.135. The number of hydrogen-bond donors (Lipinski definition) is 6. The van der Waals surface area contributed by atoms with Crippen LogP contribution in [0.3, 0.4) is 0 Å². The molecule has 0 spiro atoms. The largest absolute Gasteiger partial charge is 0.387 e. The average Bonchev–Trinajstić information content (AvgIpc) is 3.72. The number of aryl methyl sites for hydroxylation is 1. The second-order valence-electron chi connectivity index (χ2n) is 10.4. The summed E-state index contributed by atoms with van der Waals surface area (Å²) < 4.78 is 37.7. The lowest BCUT2D eigenvalue weighted by Gasteiger charge is -2.28. The molecule has 7 heterocycles. The lowest BCUT2D eigenvalue weighted by Crippen LogP contribution is -2.36. The van der Waals surface area contributed by atoms with Crippen LogP contribution in [0.4, 0.5) is 11.8 Å². The Labute approximate surface area is 262 Å². The van der Waals surface area contributed by atoms with Gasteiger partial charge in [-0.15, -0.1) is 0 Å². The minimum absolute atomic E-state index is 0.00636. The van der Waals surface area contributed by atoms with Crippen molar-refractivity contribution in [2.45, 2.75) is 56.0 Å². The first-order chi connectivity index (χ1) is 21.3. The zero-order valence-electron chi connectivity index (χ0n) is 22.9. The van der Waals surface area contributed by atoms with Gasteiger partial charge in [-0.3, -0.25) is 18.2 Å². The zero-order valence-corrected chi connectivity index (χ0v) is 26.4. The number of imidazole rings is 2. The number of anilines is 2. The number of fused-ring (bicyclic) bond motifs is 5. The molecule has 7 rings (SSSR count). The van der Waals surface area contributed by atoms with Gasteiger partial charge in [0.1, 0.15) is 54.0 Å². The quantitative estimate of drug-likeness (QED) is 0.135. The summed E-state index contributed by atoms with van der Waals surface area (Å²) in [6, 6.07) is 0. The number of hydrogen-bond acceptors (Lipinski definition) is 18.